The molecule has 0 saturated heterocycles. The fraction of sp³-hybridized carbons (Fsp3) is 0.333. The highest BCUT2D eigenvalue weighted by Crippen LogP contribution is 2.52. The highest BCUT2D eigenvalue weighted by atomic mass is 19.3. The Labute approximate surface area is 107 Å². The Morgan fingerprint density at radius 1 is 1.32 bits per heavy atom. The Balaban J connectivity index is 1.90. The van der Waals surface area contributed by atoms with Crippen LogP contribution in [0.25, 0.3) is 0 Å². The van der Waals surface area contributed by atoms with Crippen LogP contribution in [0.3, 0.4) is 0 Å². The van der Waals surface area contributed by atoms with Gasteiger partial charge in [0.25, 0.3) is 5.92 Å². The highest BCUT2D eigenvalue weighted by molar-refractivity contribution is 5.89. The third-order valence-corrected chi connectivity index (χ3v) is 2.88. The summed E-state index contributed by atoms with van der Waals surface area (Å²) in [4.78, 5) is 22.1. The average molecular weight is 271 g/mol. The van der Waals surface area contributed by atoms with Gasteiger partial charge >= 0.3 is 12.1 Å². The number of carboxylic acid groups (broad SMARTS) is 1. The molecule has 7 heteroatoms. The predicted octanol–water partition coefficient (Wildman–Crippen LogP) is 1.78. The van der Waals surface area contributed by atoms with Crippen molar-refractivity contribution in [1.29, 1.82) is 0 Å². The summed E-state index contributed by atoms with van der Waals surface area (Å²) in [5, 5.41) is 10.4. The SMILES string of the molecule is O=C(NC1(C(=O)O)CC1(F)F)OCc1ccccc1. The first-order valence-corrected chi connectivity index (χ1v) is 5.47. The van der Waals surface area contributed by atoms with Crippen molar-refractivity contribution in [2.75, 3.05) is 0 Å². The van der Waals surface area contributed by atoms with Gasteiger partial charge in [-0.25, -0.2) is 18.4 Å². The number of carbonyl (C=O) groups excluding carboxylic acids is 1. The van der Waals surface area contributed by atoms with E-state index in [-0.39, 0.29) is 6.61 Å². The van der Waals surface area contributed by atoms with Crippen molar-refractivity contribution in [3.8, 4) is 0 Å². The molecule has 0 spiro atoms. The van der Waals surface area contributed by atoms with E-state index in [4.69, 9.17) is 9.84 Å². The Bertz CT molecular complexity index is 506. The number of alkyl carbamates (subject to hydrolysis) is 1. The largest absolute Gasteiger partial charge is 0.479 e. The molecule has 102 valence electrons. The van der Waals surface area contributed by atoms with Gasteiger partial charge in [-0.05, 0) is 5.56 Å². The molecule has 1 unspecified atom stereocenters. The molecule has 1 aromatic carbocycles. The van der Waals surface area contributed by atoms with Crippen LogP contribution in [-0.2, 0) is 16.1 Å². The zero-order chi connectivity index (χ0) is 14.1. The van der Waals surface area contributed by atoms with Crippen molar-refractivity contribution >= 4 is 12.1 Å². The number of carbonyl (C=O) groups is 2. The second kappa shape index (κ2) is 4.49. The molecule has 0 aliphatic heterocycles. The summed E-state index contributed by atoms with van der Waals surface area (Å²) in [5.74, 6) is -5.21. The van der Waals surface area contributed by atoms with Crippen molar-refractivity contribution in [2.24, 2.45) is 0 Å². The van der Waals surface area contributed by atoms with Gasteiger partial charge in [0.15, 0.2) is 0 Å². The maximum Gasteiger partial charge on any atom is 0.408 e. The molecule has 2 rings (SSSR count). The molecule has 0 aromatic heterocycles. The minimum atomic E-state index is -3.44. The van der Waals surface area contributed by atoms with Gasteiger partial charge in [0.05, 0.1) is 6.42 Å². The minimum Gasteiger partial charge on any atom is -0.479 e. The Morgan fingerprint density at radius 3 is 2.37 bits per heavy atom. The molecule has 0 bridgehead atoms. The number of alkyl halides is 2. The zero-order valence-electron chi connectivity index (χ0n) is 9.73. The number of benzene rings is 1. The fourth-order valence-corrected chi connectivity index (χ4v) is 1.64. The van der Waals surface area contributed by atoms with Crippen LogP contribution >= 0.6 is 0 Å². The van der Waals surface area contributed by atoms with Gasteiger partial charge in [-0.15, -0.1) is 0 Å². The number of rotatable bonds is 4. The molecule has 1 atom stereocenters. The molecule has 0 radical (unpaired) electrons. The van der Waals surface area contributed by atoms with Crippen LogP contribution in [0, 0.1) is 0 Å². The average Bonchev–Trinajstić information content (AvgIpc) is 2.91. The summed E-state index contributed by atoms with van der Waals surface area (Å²) in [6.45, 7) is -0.117. The molecule has 1 amide bonds. The fourth-order valence-electron chi connectivity index (χ4n) is 1.64. The third-order valence-electron chi connectivity index (χ3n) is 2.88. The van der Waals surface area contributed by atoms with Gasteiger partial charge in [0.1, 0.15) is 6.61 Å². The molecule has 5 nitrogen and oxygen atoms in total. The monoisotopic (exact) mass is 271 g/mol. The van der Waals surface area contributed by atoms with Gasteiger partial charge in [0, 0.05) is 0 Å². The van der Waals surface area contributed by atoms with Crippen molar-refractivity contribution < 1.29 is 28.2 Å². The lowest BCUT2D eigenvalue weighted by molar-refractivity contribution is -0.143. The number of nitrogens with one attached hydrogen (secondary N) is 1. The van der Waals surface area contributed by atoms with Crippen molar-refractivity contribution in [3.63, 3.8) is 0 Å². The number of carboxylic acids is 1. The van der Waals surface area contributed by atoms with Crippen molar-refractivity contribution in [3.05, 3.63) is 35.9 Å². The number of aliphatic carboxylic acids is 1. The second-order valence-corrected chi connectivity index (χ2v) is 4.28. The first kappa shape index (κ1) is 13.3. The van der Waals surface area contributed by atoms with Gasteiger partial charge in [0.2, 0.25) is 5.54 Å². The van der Waals surface area contributed by atoms with E-state index in [1.54, 1.807) is 35.6 Å². The van der Waals surface area contributed by atoms with Crippen LogP contribution in [0.2, 0.25) is 0 Å². The first-order valence-electron chi connectivity index (χ1n) is 5.47. The molecule has 19 heavy (non-hydrogen) atoms. The normalized spacial score (nSPS) is 23.5. The van der Waals surface area contributed by atoms with E-state index in [9.17, 15) is 18.4 Å². The topological polar surface area (TPSA) is 75.6 Å². The van der Waals surface area contributed by atoms with Crippen LogP contribution in [-0.4, -0.2) is 28.6 Å². The Morgan fingerprint density at radius 2 is 1.89 bits per heavy atom. The van der Waals surface area contributed by atoms with E-state index in [0.29, 0.717) is 5.56 Å². The second-order valence-electron chi connectivity index (χ2n) is 4.28. The summed E-state index contributed by atoms with van der Waals surface area (Å²) in [5.41, 5.74) is -1.86. The predicted molar refractivity (Wildman–Crippen MR) is 59.7 cm³/mol. The molecule has 0 heterocycles. The summed E-state index contributed by atoms with van der Waals surface area (Å²) in [7, 11) is 0. The van der Waals surface area contributed by atoms with E-state index in [1.807, 2.05) is 0 Å². The van der Waals surface area contributed by atoms with Crippen LogP contribution < -0.4 is 5.32 Å². The maximum absolute atomic E-state index is 13.0. The lowest BCUT2D eigenvalue weighted by Gasteiger charge is -2.13. The number of ether oxygens (including phenoxy) is 1. The van der Waals surface area contributed by atoms with Gasteiger partial charge in [-0.1, -0.05) is 30.3 Å². The molecular formula is C12H11F2NO4. The Hall–Kier alpha value is -2.18. The molecule has 1 aromatic rings. The van der Waals surface area contributed by atoms with E-state index in [0.717, 1.165) is 0 Å². The van der Waals surface area contributed by atoms with Crippen LogP contribution in [0.5, 0.6) is 0 Å². The number of hydrogen-bond acceptors (Lipinski definition) is 3. The molecule has 1 fully saturated rings. The summed E-state index contributed by atoms with van der Waals surface area (Å²) >= 11 is 0. The standard InChI is InChI=1S/C12H11F2NO4/c13-12(14)7-11(12,9(16)17)15-10(18)19-6-8-4-2-1-3-5-8/h1-5H,6-7H2,(H,15,18)(H,16,17). The van der Waals surface area contributed by atoms with Crippen LogP contribution in [0.15, 0.2) is 30.3 Å². The quantitative estimate of drug-likeness (QED) is 0.875. The summed E-state index contributed by atoms with van der Waals surface area (Å²) in [6.07, 6.45) is -2.10. The van der Waals surface area contributed by atoms with E-state index < -0.39 is 29.9 Å². The molecular weight excluding hydrogens is 260 g/mol. The van der Waals surface area contributed by atoms with Gasteiger partial charge in [-0.3, -0.25) is 5.32 Å². The minimum absolute atomic E-state index is 0.117. The van der Waals surface area contributed by atoms with Crippen molar-refractivity contribution in [2.45, 2.75) is 24.5 Å². The summed E-state index contributed by atoms with van der Waals surface area (Å²) < 4.78 is 30.7. The molecule has 1 aliphatic rings. The lowest BCUT2D eigenvalue weighted by atomic mass is 10.2. The zero-order valence-corrected chi connectivity index (χ0v) is 9.73. The van der Waals surface area contributed by atoms with Crippen molar-refractivity contribution in [1.82, 2.24) is 5.32 Å². The molecule has 2 N–H and O–H groups in total. The summed E-state index contributed by atoms with van der Waals surface area (Å²) in [6, 6.07) is 8.60. The Kier molecular flexibility index (Phi) is 3.13. The van der Waals surface area contributed by atoms with Gasteiger partial charge < -0.3 is 9.84 Å². The van der Waals surface area contributed by atoms with Crippen LogP contribution in [0.1, 0.15) is 12.0 Å². The van der Waals surface area contributed by atoms with Gasteiger partial charge in [-0.2, -0.15) is 0 Å². The van der Waals surface area contributed by atoms with E-state index in [2.05, 4.69) is 0 Å². The third kappa shape index (κ3) is 2.49. The van der Waals surface area contributed by atoms with E-state index in [1.165, 1.54) is 0 Å². The number of hydrogen-bond donors (Lipinski definition) is 2. The van der Waals surface area contributed by atoms with E-state index >= 15 is 0 Å². The molecule has 1 saturated carbocycles. The smallest absolute Gasteiger partial charge is 0.408 e. The lowest BCUT2D eigenvalue weighted by Crippen LogP contribution is -2.47. The first-order chi connectivity index (χ1) is 8.87. The maximum atomic E-state index is 13.0. The van der Waals surface area contributed by atoms with Crippen LogP contribution in [0.4, 0.5) is 13.6 Å². The number of amides is 1. The highest BCUT2D eigenvalue weighted by Gasteiger charge is 2.78. The number of halogens is 2. The molecule has 1 aliphatic carbocycles.